The Morgan fingerprint density at radius 3 is 2.40 bits per heavy atom. The number of anilines is 1. The van der Waals surface area contributed by atoms with Crippen LogP contribution in [0, 0.1) is 0 Å². The average Bonchev–Trinajstić information content (AvgIpc) is 1.95. The van der Waals surface area contributed by atoms with Gasteiger partial charge in [0.25, 0.3) is 0 Å². The summed E-state index contributed by atoms with van der Waals surface area (Å²) in [6.07, 6.45) is 0. The SMILES string of the molecule is Nc1ccc(CNCl)cc1. The van der Waals surface area contributed by atoms with Gasteiger partial charge in [-0.05, 0) is 29.5 Å². The van der Waals surface area contributed by atoms with E-state index in [1.54, 1.807) is 0 Å². The van der Waals surface area contributed by atoms with Crippen LogP contribution < -0.4 is 10.6 Å². The fourth-order valence-electron chi connectivity index (χ4n) is 0.713. The van der Waals surface area contributed by atoms with Crippen molar-refractivity contribution in [2.75, 3.05) is 5.73 Å². The molecular formula is C7H9ClN2. The Kier molecular flexibility index (Phi) is 2.54. The summed E-state index contributed by atoms with van der Waals surface area (Å²) in [5.74, 6) is 0. The normalized spacial score (nSPS) is 9.70. The third-order valence-corrected chi connectivity index (χ3v) is 1.38. The molecule has 1 aromatic rings. The molecule has 3 heteroatoms. The number of nitrogen functional groups attached to an aromatic ring is 1. The standard InChI is InChI=1S/C7H9ClN2/c8-10-5-6-1-3-7(9)4-2-6/h1-4,10H,5,9H2. The molecule has 0 fully saturated rings. The Morgan fingerprint density at radius 2 is 1.90 bits per heavy atom. The summed E-state index contributed by atoms with van der Waals surface area (Å²) in [7, 11) is 0. The molecule has 0 bridgehead atoms. The van der Waals surface area contributed by atoms with Crippen LogP contribution in [0.15, 0.2) is 24.3 Å². The number of rotatable bonds is 2. The molecule has 1 aromatic carbocycles. The summed E-state index contributed by atoms with van der Waals surface area (Å²) < 4.78 is 0. The monoisotopic (exact) mass is 156 g/mol. The Labute approximate surface area is 65.1 Å². The van der Waals surface area contributed by atoms with Gasteiger partial charge in [0.15, 0.2) is 0 Å². The van der Waals surface area contributed by atoms with E-state index in [-0.39, 0.29) is 0 Å². The number of halogens is 1. The Bertz CT molecular complexity index is 195. The predicted octanol–water partition coefficient (Wildman–Crippen LogP) is 1.51. The summed E-state index contributed by atoms with van der Waals surface area (Å²) in [6.45, 7) is 0.668. The first kappa shape index (κ1) is 7.38. The van der Waals surface area contributed by atoms with Crippen LogP contribution in [0.2, 0.25) is 0 Å². The van der Waals surface area contributed by atoms with Crippen molar-refractivity contribution in [2.24, 2.45) is 0 Å². The van der Waals surface area contributed by atoms with Crippen LogP contribution in [-0.2, 0) is 6.54 Å². The van der Waals surface area contributed by atoms with Crippen molar-refractivity contribution in [1.29, 1.82) is 0 Å². The lowest BCUT2D eigenvalue weighted by Gasteiger charge is -1.97. The minimum atomic E-state index is 0.668. The Morgan fingerprint density at radius 1 is 1.30 bits per heavy atom. The molecule has 0 aromatic heterocycles. The fourth-order valence-corrected chi connectivity index (χ4v) is 0.867. The maximum atomic E-state index is 5.47. The summed E-state index contributed by atoms with van der Waals surface area (Å²) in [6, 6.07) is 7.57. The van der Waals surface area contributed by atoms with Gasteiger partial charge in [-0.2, -0.15) is 0 Å². The minimum Gasteiger partial charge on any atom is -0.399 e. The molecule has 0 aliphatic heterocycles. The second-order valence-corrected chi connectivity index (χ2v) is 2.32. The maximum absolute atomic E-state index is 5.47. The molecule has 0 spiro atoms. The highest BCUT2D eigenvalue weighted by Crippen LogP contribution is 2.04. The Hall–Kier alpha value is -0.730. The molecule has 0 unspecified atom stereocenters. The number of nitrogens with one attached hydrogen (secondary N) is 1. The first-order chi connectivity index (χ1) is 4.83. The molecule has 0 amide bonds. The molecule has 2 nitrogen and oxygen atoms in total. The van der Waals surface area contributed by atoms with E-state index < -0.39 is 0 Å². The summed E-state index contributed by atoms with van der Waals surface area (Å²) in [5, 5.41) is 0. The number of benzene rings is 1. The van der Waals surface area contributed by atoms with Crippen molar-refractivity contribution in [3.63, 3.8) is 0 Å². The summed E-state index contributed by atoms with van der Waals surface area (Å²) in [4.78, 5) is 2.53. The van der Waals surface area contributed by atoms with Crippen LogP contribution in [0.3, 0.4) is 0 Å². The van der Waals surface area contributed by atoms with Gasteiger partial charge >= 0.3 is 0 Å². The van der Waals surface area contributed by atoms with Crippen LogP contribution in [0.4, 0.5) is 5.69 Å². The van der Waals surface area contributed by atoms with Crippen molar-refractivity contribution >= 4 is 17.5 Å². The van der Waals surface area contributed by atoms with Gasteiger partial charge in [-0.25, -0.2) is 4.84 Å². The molecule has 0 aliphatic rings. The number of hydrogen-bond donors (Lipinski definition) is 2. The number of nitrogens with two attached hydrogens (primary N) is 1. The van der Waals surface area contributed by atoms with Gasteiger partial charge in [0.2, 0.25) is 0 Å². The lowest BCUT2D eigenvalue weighted by Crippen LogP contribution is -1.97. The van der Waals surface area contributed by atoms with Gasteiger partial charge in [0, 0.05) is 12.2 Å². The predicted molar refractivity (Wildman–Crippen MR) is 43.5 cm³/mol. The van der Waals surface area contributed by atoms with Gasteiger partial charge in [-0.1, -0.05) is 12.1 Å². The highest BCUT2D eigenvalue weighted by Gasteiger charge is 1.88. The van der Waals surface area contributed by atoms with Gasteiger partial charge in [0.05, 0.1) is 0 Å². The maximum Gasteiger partial charge on any atom is 0.0359 e. The molecular weight excluding hydrogens is 148 g/mol. The molecule has 0 saturated heterocycles. The van der Waals surface area contributed by atoms with Gasteiger partial charge < -0.3 is 5.73 Å². The molecule has 54 valence electrons. The molecule has 3 N–H and O–H groups in total. The quantitative estimate of drug-likeness (QED) is 0.503. The van der Waals surface area contributed by atoms with Gasteiger partial charge in [-0.3, -0.25) is 0 Å². The number of hydrogen-bond acceptors (Lipinski definition) is 2. The van der Waals surface area contributed by atoms with Crippen molar-refractivity contribution in [3.8, 4) is 0 Å². The first-order valence-electron chi connectivity index (χ1n) is 3.01. The van der Waals surface area contributed by atoms with E-state index in [1.165, 1.54) is 0 Å². The average molecular weight is 157 g/mol. The zero-order valence-electron chi connectivity index (χ0n) is 5.47. The summed E-state index contributed by atoms with van der Waals surface area (Å²) in [5.41, 5.74) is 7.37. The van der Waals surface area contributed by atoms with Gasteiger partial charge in [-0.15, -0.1) is 0 Å². The lowest BCUT2D eigenvalue weighted by molar-refractivity contribution is 0.964. The van der Waals surface area contributed by atoms with Crippen molar-refractivity contribution in [1.82, 2.24) is 4.84 Å². The smallest absolute Gasteiger partial charge is 0.0359 e. The van der Waals surface area contributed by atoms with E-state index >= 15 is 0 Å². The molecule has 0 heterocycles. The molecule has 0 atom stereocenters. The van der Waals surface area contributed by atoms with Crippen LogP contribution >= 0.6 is 11.8 Å². The first-order valence-corrected chi connectivity index (χ1v) is 3.38. The zero-order chi connectivity index (χ0) is 7.40. The second kappa shape index (κ2) is 3.44. The van der Waals surface area contributed by atoms with Crippen molar-refractivity contribution in [3.05, 3.63) is 29.8 Å². The lowest BCUT2D eigenvalue weighted by atomic mass is 10.2. The highest BCUT2D eigenvalue weighted by atomic mass is 35.5. The second-order valence-electron chi connectivity index (χ2n) is 2.05. The topological polar surface area (TPSA) is 38.0 Å². The third kappa shape index (κ3) is 1.90. The molecule has 0 saturated carbocycles. The van der Waals surface area contributed by atoms with E-state index in [2.05, 4.69) is 4.84 Å². The highest BCUT2D eigenvalue weighted by molar-refractivity contribution is 6.13. The van der Waals surface area contributed by atoms with Crippen LogP contribution in [-0.4, -0.2) is 0 Å². The van der Waals surface area contributed by atoms with Crippen LogP contribution in [0.5, 0.6) is 0 Å². The molecule has 0 aliphatic carbocycles. The fraction of sp³-hybridized carbons (Fsp3) is 0.143. The van der Waals surface area contributed by atoms with Gasteiger partial charge in [0.1, 0.15) is 0 Å². The van der Waals surface area contributed by atoms with Crippen LogP contribution in [0.25, 0.3) is 0 Å². The van der Waals surface area contributed by atoms with E-state index in [0.717, 1.165) is 11.3 Å². The zero-order valence-corrected chi connectivity index (χ0v) is 6.23. The molecule has 1 rings (SSSR count). The van der Waals surface area contributed by atoms with Crippen molar-refractivity contribution in [2.45, 2.75) is 6.54 Å². The van der Waals surface area contributed by atoms with E-state index in [1.807, 2.05) is 24.3 Å². The summed E-state index contributed by atoms with van der Waals surface area (Å²) >= 11 is 5.29. The van der Waals surface area contributed by atoms with E-state index in [9.17, 15) is 0 Å². The molecule has 10 heavy (non-hydrogen) atoms. The minimum absolute atomic E-state index is 0.668. The van der Waals surface area contributed by atoms with Crippen LogP contribution in [0.1, 0.15) is 5.56 Å². The molecule has 0 radical (unpaired) electrons. The van der Waals surface area contributed by atoms with Crippen molar-refractivity contribution < 1.29 is 0 Å². The largest absolute Gasteiger partial charge is 0.399 e. The van der Waals surface area contributed by atoms with E-state index in [4.69, 9.17) is 17.5 Å². The Balaban J connectivity index is 2.69. The third-order valence-electron chi connectivity index (χ3n) is 1.25. The van der Waals surface area contributed by atoms with E-state index in [0.29, 0.717) is 6.54 Å².